The second-order valence-electron chi connectivity index (χ2n) is 7.34. The molecule has 6 heteroatoms. The lowest BCUT2D eigenvalue weighted by atomic mass is 10.2. The van der Waals surface area contributed by atoms with Gasteiger partial charge in [-0.05, 0) is 50.8 Å². The Labute approximate surface area is 152 Å². The molecule has 0 spiro atoms. The van der Waals surface area contributed by atoms with E-state index < -0.39 is 0 Å². The molecule has 3 aromatic rings. The lowest BCUT2D eigenvalue weighted by molar-refractivity contribution is 0.0722. The molecule has 0 unspecified atom stereocenters. The van der Waals surface area contributed by atoms with E-state index in [1.165, 1.54) is 12.8 Å². The van der Waals surface area contributed by atoms with Gasteiger partial charge >= 0.3 is 0 Å². The van der Waals surface area contributed by atoms with Gasteiger partial charge < -0.3 is 9.47 Å². The summed E-state index contributed by atoms with van der Waals surface area (Å²) in [5.74, 6) is 1.59. The van der Waals surface area contributed by atoms with E-state index in [1.54, 1.807) is 0 Å². The number of aromatic amines is 1. The molecular weight excluding hydrogens is 326 g/mol. The zero-order valence-corrected chi connectivity index (χ0v) is 15.0. The minimum Gasteiger partial charge on any atom is -0.327 e. The summed E-state index contributed by atoms with van der Waals surface area (Å²) < 4.78 is 2.24. The minimum absolute atomic E-state index is 0.0189. The number of carbonyl (C=O) groups is 1. The third-order valence-corrected chi connectivity index (χ3v) is 5.65. The zero-order chi connectivity index (χ0) is 17.7. The number of likely N-dealkylation sites (tertiary alicyclic amines) is 1. The minimum atomic E-state index is 0.0189. The Morgan fingerprint density at radius 1 is 1.27 bits per heavy atom. The third kappa shape index (κ3) is 2.43. The van der Waals surface area contributed by atoms with Crippen molar-refractivity contribution in [3.05, 3.63) is 47.5 Å². The summed E-state index contributed by atoms with van der Waals surface area (Å²) in [6.45, 7) is 3.75. The summed E-state index contributed by atoms with van der Waals surface area (Å²) >= 11 is 0. The Morgan fingerprint density at radius 3 is 2.92 bits per heavy atom. The van der Waals surface area contributed by atoms with Gasteiger partial charge in [0.05, 0.1) is 17.1 Å². The smallest absolute Gasteiger partial charge is 0.274 e. The lowest BCUT2D eigenvalue weighted by Crippen LogP contribution is -2.32. The Balaban J connectivity index is 1.49. The van der Waals surface area contributed by atoms with Gasteiger partial charge in [0.15, 0.2) is 0 Å². The first-order valence-corrected chi connectivity index (χ1v) is 9.57. The van der Waals surface area contributed by atoms with Crippen LogP contribution < -0.4 is 0 Å². The third-order valence-electron chi connectivity index (χ3n) is 5.65. The number of amides is 1. The van der Waals surface area contributed by atoms with Crippen molar-refractivity contribution in [3.63, 3.8) is 0 Å². The van der Waals surface area contributed by atoms with Gasteiger partial charge in [-0.2, -0.15) is 5.10 Å². The summed E-state index contributed by atoms with van der Waals surface area (Å²) in [6.07, 6.45) is 4.35. The molecule has 1 aliphatic carbocycles. The normalized spacial score (nSPS) is 20.2. The number of carbonyl (C=O) groups excluding carboxylic acids is 1. The van der Waals surface area contributed by atoms with E-state index in [4.69, 9.17) is 4.98 Å². The molecule has 3 heterocycles. The number of hydrogen-bond donors (Lipinski definition) is 1. The summed E-state index contributed by atoms with van der Waals surface area (Å²) in [7, 11) is 0. The highest BCUT2D eigenvalue weighted by Crippen LogP contribution is 2.39. The molecule has 2 aromatic heterocycles. The Morgan fingerprint density at radius 2 is 2.12 bits per heavy atom. The molecule has 134 valence electrons. The first kappa shape index (κ1) is 15.6. The second kappa shape index (κ2) is 5.97. The molecule has 6 nitrogen and oxygen atoms in total. The summed E-state index contributed by atoms with van der Waals surface area (Å²) in [4.78, 5) is 19.9. The average molecular weight is 349 g/mol. The van der Waals surface area contributed by atoms with Crippen LogP contribution in [0.5, 0.6) is 0 Å². The van der Waals surface area contributed by atoms with Gasteiger partial charge in [-0.15, -0.1) is 0 Å². The number of aryl methyl sites for hydroxylation is 1. The van der Waals surface area contributed by atoms with Crippen molar-refractivity contribution < 1.29 is 4.79 Å². The van der Waals surface area contributed by atoms with E-state index in [0.717, 1.165) is 48.5 Å². The fourth-order valence-corrected chi connectivity index (χ4v) is 4.16. The second-order valence-corrected chi connectivity index (χ2v) is 7.34. The number of para-hydroxylation sites is 2. The molecule has 1 atom stereocenters. The standard InChI is InChI=1S/C20H23N5O/c1-2-24-17-7-4-3-6-14(17)21-19(24)18-8-5-11-25(18)20(26)16-12-15(22-23-16)13-9-10-13/h3-4,6-7,12-13,18H,2,5,8-11H2,1H3,(H,22,23)/t18-/m0/s1. The number of rotatable bonds is 4. The first-order valence-electron chi connectivity index (χ1n) is 9.57. The highest BCUT2D eigenvalue weighted by Gasteiger charge is 2.35. The number of aromatic nitrogens is 4. The van der Waals surface area contributed by atoms with Crippen molar-refractivity contribution in [1.29, 1.82) is 0 Å². The predicted molar refractivity (Wildman–Crippen MR) is 99.0 cm³/mol. The molecule has 0 radical (unpaired) electrons. The Kier molecular flexibility index (Phi) is 3.58. The molecule has 26 heavy (non-hydrogen) atoms. The monoisotopic (exact) mass is 349 g/mol. The number of nitrogens with zero attached hydrogens (tertiary/aromatic N) is 4. The molecule has 2 fully saturated rings. The first-order chi connectivity index (χ1) is 12.8. The number of H-pyrrole nitrogens is 1. The number of imidazole rings is 1. The average Bonchev–Trinajstić information content (AvgIpc) is 3.12. The zero-order valence-electron chi connectivity index (χ0n) is 15.0. The van der Waals surface area contributed by atoms with Gasteiger partial charge in [-0.25, -0.2) is 4.98 Å². The number of benzene rings is 1. The van der Waals surface area contributed by atoms with Gasteiger partial charge in [-0.3, -0.25) is 9.89 Å². The summed E-state index contributed by atoms with van der Waals surface area (Å²) in [6, 6.07) is 10.2. The van der Waals surface area contributed by atoms with E-state index in [2.05, 4.69) is 27.8 Å². The van der Waals surface area contributed by atoms with Crippen LogP contribution >= 0.6 is 0 Å². The fraction of sp³-hybridized carbons (Fsp3) is 0.450. The maximum absolute atomic E-state index is 13.1. The van der Waals surface area contributed by atoms with E-state index in [0.29, 0.717) is 11.6 Å². The van der Waals surface area contributed by atoms with Crippen LogP contribution in [0.15, 0.2) is 30.3 Å². The molecule has 1 saturated heterocycles. The van der Waals surface area contributed by atoms with Crippen LogP contribution in [0.4, 0.5) is 0 Å². The van der Waals surface area contributed by atoms with Crippen LogP contribution in [0.1, 0.15) is 66.6 Å². The quantitative estimate of drug-likeness (QED) is 0.782. The molecule has 1 aliphatic heterocycles. The van der Waals surface area contributed by atoms with Crippen molar-refractivity contribution in [2.75, 3.05) is 6.54 Å². The van der Waals surface area contributed by atoms with Crippen molar-refractivity contribution in [1.82, 2.24) is 24.6 Å². The van der Waals surface area contributed by atoms with E-state index in [-0.39, 0.29) is 11.9 Å². The van der Waals surface area contributed by atoms with Crippen molar-refractivity contribution in [3.8, 4) is 0 Å². The maximum Gasteiger partial charge on any atom is 0.274 e. The molecule has 2 aliphatic rings. The van der Waals surface area contributed by atoms with Gasteiger partial charge in [-0.1, -0.05) is 12.1 Å². The van der Waals surface area contributed by atoms with Crippen molar-refractivity contribution >= 4 is 16.9 Å². The molecule has 0 bridgehead atoms. The van der Waals surface area contributed by atoms with Gasteiger partial charge in [0, 0.05) is 24.7 Å². The van der Waals surface area contributed by atoms with Gasteiger partial charge in [0.25, 0.3) is 5.91 Å². The van der Waals surface area contributed by atoms with Gasteiger partial charge in [0.2, 0.25) is 0 Å². The Bertz CT molecular complexity index is 968. The molecule has 1 amide bonds. The predicted octanol–water partition coefficient (Wildman–Crippen LogP) is 3.63. The summed E-state index contributed by atoms with van der Waals surface area (Å²) in [5.41, 5.74) is 3.78. The largest absolute Gasteiger partial charge is 0.327 e. The number of nitrogens with one attached hydrogen (secondary N) is 1. The van der Waals surface area contributed by atoms with E-state index >= 15 is 0 Å². The molecule has 1 aromatic carbocycles. The van der Waals surface area contributed by atoms with Crippen LogP contribution in [-0.4, -0.2) is 37.1 Å². The van der Waals surface area contributed by atoms with Crippen molar-refractivity contribution in [2.24, 2.45) is 0 Å². The Hall–Kier alpha value is -2.63. The number of fused-ring (bicyclic) bond motifs is 1. The highest BCUT2D eigenvalue weighted by atomic mass is 16.2. The van der Waals surface area contributed by atoms with Crippen LogP contribution in [-0.2, 0) is 6.54 Å². The molecule has 1 N–H and O–H groups in total. The van der Waals surface area contributed by atoms with E-state index in [9.17, 15) is 4.79 Å². The van der Waals surface area contributed by atoms with Crippen LogP contribution in [0.25, 0.3) is 11.0 Å². The fourth-order valence-electron chi connectivity index (χ4n) is 4.16. The summed E-state index contributed by atoms with van der Waals surface area (Å²) in [5, 5.41) is 7.34. The van der Waals surface area contributed by atoms with Crippen LogP contribution in [0, 0.1) is 0 Å². The highest BCUT2D eigenvalue weighted by molar-refractivity contribution is 5.93. The molecule has 1 saturated carbocycles. The topological polar surface area (TPSA) is 66.8 Å². The lowest BCUT2D eigenvalue weighted by Gasteiger charge is -2.24. The van der Waals surface area contributed by atoms with Crippen LogP contribution in [0.2, 0.25) is 0 Å². The van der Waals surface area contributed by atoms with Crippen molar-refractivity contribution in [2.45, 2.75) is 51.1 Å². The SMILES string of the molecule is CCn1c([C@@H]2CCCN2C(=O)c2cc(C3CC3)[nH]n2)nc2ccccc21. The maximum atomic E-state index is 13.1. The van der Waals surface area contributed by atoms with Crippen LogP contribution in [0.3, 0.4) is 0 Å². The van der Waals surface area contributed by atoms with E-state index in [1.807, 2.05) is 29.2 Å². The van der Waals surface area contributed by atoms with Gasteiger partial charge in [0.1, 0.15) is 11.5 Å². The molecule has 5 rings (SSSR count). The molecular formula is C20H23N5O. The number of hydrogen-bond acceptors (Lipinski definition) is 3.